The van der Waals surface area contributed by atoms with E-state index in [2.05, 4.69) is 42.5 Å². The molecule has 0 aliphatic heterocycles. The SMILES string of the molecule is Cc1ccc(C)c(NC(=O)COc2c(Br)cc(/C=C(\C#N)C(=O)Nc3cccc(C(F)(F)F)c3)cc2Br)c1. The summed E-state index contributed by atoms with van der Waals surface area (Å²) in [5, 5.41) is 14.6. The monoisotopic (exact) mass is 649 g/mol. The van der Waals surface area contributed by atoms with Crippen molar-refractivity contribution < 1.29 is 27.5 Å². The highest BCUT2D eigenvalue weighted by Crippen LogP contribution is 2.36. The molecule has 3 aromatic carbocycles. The number of carbonyl (C=O) groups excluding carboxylic acids is 2. The molecule has 0 aliphatic carbocycles. The normalized spacial score (nSPS) is 11.5. The third-order valence-corrected chi connectivity index (χ3v) is 6.34. The number of carbonyl (C=O) groups is 2. The molecule has 0 heterocycles. The maximum atomic E-state index is 12.9. The summed E-state index contributed by atoms with van der Waals surface area (Å²) in [7, 11) is 0. The molecule has 0 bridgehead atoms. The van der Waals surface area contributed by atoms with Crippen molar-refractivity contribution in [2.75, 3.05) is 17.2 Å². The van der Waals surface area contributed by atoms with Gasteiger partial charge in [-0.05, 0) is 105 Å². The Balaban J connectivity index is 1.71. The van der Waals surface area contributed by atoms with Crippen LogP contribution < -0.4 is 15.4 Å². The second-order valence-electron chi connectivity index (χ2n) is 8.17. The van der Waals surface area contributed by atoms with E-state index < -0.39 is 17.6 Å². The first kappa shape index (κ1) is 28.9. The Kier molecular flexibility index (Phi) is 9.36. The molecule has 0 unspecified atom stereocenters. The molecule has 11 heteroatoms. The van der Waals surface area contributed by atoms with Crippen molar-refractivity contribution in [1.29, 1.82) is 5.26 Å². The van der Waals surface area contributed by atoms with Gasteiger partial charge < -0.3 is 15.4 Å². The van der Waals surface area contributed by atoms with Crippen LogP contribution in [-0.2, 0) is 15.8 Å². The van der Waals surface area contributed by atoms with Gasteiger partial charge in [-0.25, -0.2) is 0 Å². The minimum atomic E-state index is -4.57. The first-order valence-electron chi connectivity index (χ1n) is 11.0. The summed E-state index contributed by atoms with van der Waals surface area (Å²) in [6, 6.07) is 14.7. The number of nitriles is 1. The van der Waals surface area contributed by atoms with E-state index in [1.54, 1.807) is 18.2 Å². The number of anilines is 2. The van der Waals surface area contributed by atoms with Crippen LogP contribution in [0.2, 0.25) is 0 Å². The van der Waals surface area contributed by atoms with Crippen LogP contribution in [0.5, 0.6) is 5.75 Å². The van der Waals surface area contributed by atoms with Gasteiger partial charge in [0.2, 0.25) is 0 Å². The number of rotatable bonds is 7. The zero-order chi connectivity index (χ0) is 28.0. The standard InChI is InChI=1S/C27H20Br2F3N3O3/c1-15-6-7-16(2)23(8-15)35-24(36)14-38-25-21(28)10-17(11-22(25)29)9-18(13-33)26(37)34-20-5-3-4-19(12-20)27(30,31)32/h3-12H,14H2,1-2H3,(H,34,37)(H,35,36)/b18-9+. The van der Waals surface area contributed by atoms with E-state index in [0.717, 1.165) is 29.3 Å². The molecule has 0 fully saturated rings. The quantitative estimate of drug-likeness (QED) is 0.206. The Hall–Kier alpha value is -3.62. The second-order valence-corrected chi connectivity index (χ2v) is 9.88. The van der Waals surface area contributed by atoms with E-state index >= 15 is 0 Å². The predicted octanol–water partition coefficient (Wildman–Crippen LogP) is 7.41. The summed E-state index contributed by atoms with van der Waals surface area (Å²) < 4.78 is 45.3. The molecule has 2 amide bonds. The second kappa shape index (κ2) is 12.3. The Labute approximate surface area is 233 Å². The van der Waals surface area contributed by atoms with E-state index in [4.69, 9.17) is 4.74 Å². The van der Waals surface area contributed by atoms with Crippen molar-refractivity contribution in [3.63, 3.8) is 0 Å². The van der Waals surface area contributed by atoms with E-state index in [1.165, 1.54) is 12.1 Å². The molecule has 0 atom stereocenters. The molecule has 38 heavy (non-hydrogen) atoms. The van der Waals surface area contributed by atoms with Gasteiger partial charge in [0.05, 0.1) is 14.5 Å². The highest BCUT2D eigenvalue weighted by atomic mass is 79.9. The van der Waals surface area contributed by atoms with Gasteiger partial charge in [-0.3, -0.25) is 9.59 Å². The minimum Gasteiger partial charge on any atom is -0.481 e. The number of ether oxygens (including phenoxy) is 1. The smallest absolute Gasteiger partial charge is 0.416 e. The average molecular weight is 651 g/mol. The maximum absolute atomic E-state index is 12.9. The number of halogens is 5. The van der Waals surface area contributed by atoms with Gasteiger partial charge in [0.15, 0.2) is 6.61 Å². The van der Waals surface area contributed by atoms with Crippen LogP contribution in [0.25, 0.3) is 6.08 Å². The third-order valence-electron chi connectivity index (χ3n) is 5.16. The fourth-order valence-corrected chi connectivity index (χ4v) is 4.73. The molecule has 0 aliphatic rings. The molecular weight excluding hydrogens is 631 g/mol. The number of aryl methyl sites for hydroxylation is 2. The molecule has 196 valence electrons. The summed E-state index contributed by atoms with van der Waals surface area (Å²) in [6.07, 6.45) is -3.30. The Bertz CT molecular complexity index is 1440. The van der Waals surface area contributed by atoms with Crippen LogP contribution in [-0.4, -0.2) is 18.4 Å². The van der Waals surface area contributed by atoms with Crippen LogP contribution in [0.3, 0.4) is 0 Å². The molecule has 0 saturated heterocycles. The van der Waals surface area contributed by atoms with Crippen molar-refractivity contribution in [2.24, 2.45) is 0 Å². The van der Waals surface area contributed by atoms with Gasteiger partial charge in [-0.2, -0.15) is 18.4 Å². The van der Waals surface area contributed by atoms with Crippen LogP contribution in [0.1, 0.15) is 22.3 Å². The lowest BCUT2D eigenvalue weighted by molar-refractivity contribution is -0.137. The van der Waals surface area contributed by atoms with Crippen LogP contribution in [0.4, 0.5) is 24.5 Å². The first-order chi connectivity index (χ1) is 17.9. The van der Waals surface area contributed by atoms with Crippen molar-refractivity contribution in [1.82, 2.24) is 0 Å². The highest BCUT2D eigenvalue weighted by molar-refractivity contribution is 9.11. The van der Waals surface area contributed by atoms with E-state index in [1.807, 2.05) is 32.0 Å². The summed E-state index contributed by atoms with van der Waals surface area (Å²) >= 11 is 6.72. The lowest BCUT2D eigenvalue weighted by atomic mass is 10.1. The Morgan fingerprint density at radius 1 is 1.03 bits per heavy atom. The van der Waals surface area contributed by atoms with Gasteiger partial charge >= 0.3 is 6.18 Å². The van der Waals surface area contributed by atoms with Crippen LogP contribution >= 0.6 is 31.9 Å². The average Bonchev–Trinajstić information content (AvgIpc) is 2.84. The molecule has 3 rings (SSSR count). The predicted molar refractivity (Wildman–Crippen MR) is 146 cm³/mol. The number of benzene rings is 3. The van der Waals surface area contributed by atoms with Gasteiger partial charge in [0, 0.05) is 11.4 Å². The fourth-order valence-electron chi connectivity index (χ4n) is 3.28. The largest absolute Gasteiger partial charge is 0.481 e. The molecular formula is C27H20Br2F3N3O3. The zero-order valence-electron chi connectivity index (χ0n) is 20.0. The Morgan fingerprint density at radius 2 is 1.71 bits per heavy atom. The number of amides is 2. The van der Waals surface area contributed by atoms with E-state index in [9.17, 15) is 28.0 Å². The van der Waals surface area contributed by atoms with Crippen molar-refractivity contribution in [2.45, 2.75) is 20.0 Å². The molecule has 3 aromatic rings. The van der Waals surface area contributed by atoms with Crippen LogP contribution in [0.15, 0.2) is 69.1 Å². The number of nitrogens with one attached hydrogen (secondary N) is 2. The number of hydrogen-bond acceptors (Lipinski definition) is 4. The van der Waals surface area contributed by atoms with Crippen molar-refractivity contribution in [3.8, 4) is 11.8 Å². The highest BCUT2D eigenvalue weighted by Gasteiger charge is 2.30. The van der Waals surface area contributed by atoms with Crippen molar-refractivity contribution >= 4 is 61.1 Å². The molecule has 0 saturated carbocycles. The number of alkyl halides is 3. The minimum absolute atomic E-state index is 0.101. The van der Waals surface area contributed by atoms with Gasteiger partial charge in [0.1, 0.15) is 17.4 Å². The fraction of sp³-hybridized carbons (Fsp3) is 0.148. The van der Waals surface area contributed by atoms with Gasteiger partial charge in [-0.15, -0.1) is 0 Å². The summed E-state index contributed by atoms with van der Waals surface area (Å²) in [4.78, 5) is 24.9. The third kappa shape index (κ3) is 7.69. The molecule has 6 nitrogen and oxygen atoms in total. The maximum Gasteiger partial charge on any atom is 0.416 e. The topological polar surface area (TPSA) is 91.2 Å². The van der Waals surface area contributed by atoms with Crippen LogP contribution in [0, 0.1) is 25.2 Å². The summed E-state index contributed by atoms with van der Waals surface area (Å²) in [6.45, 7) is 3.52. The van der Waals surface area contributed by atoms with E-state index in [-0.39, 0.29) is 23.8 Å². The Morgan fingerprint density at radius 3 is 2.34 bits per heavy atom. The molecule has 2 N–H and O–H groups in total. The summed E-state index contributed by atoms with van der Waals surface area (Å²) in [5.74, 6) is -0.910. The zero-order valence-corrected chi connectivity index (χ0v) is 23.2. The van der Waals surface area contributed by atoms with E-state index in [0.29, 0.717) is 25.9 Å². The van der Waals surface area contributed by atoms with Crippen molar-refractivity contribution in [3.05, 3.63) is 91.4 Å². The number of nitrogens with zero attached hydrogens (tertiary/aromatic N) is 1. The lowest BCUT2D eigenvalue weighted by Crippen LogP contribution is -2.21. The first-order valence-corrected chi connectivity index (χ1v) is 12.6. The number of hydrogen-bond donors (Lipinski definition) is 2. The molecule has 0 aromatic heterocycles. The van der Waals surface area contributed by atoms with Gasteiger partial charge in [0.25, 0.3) is 11.8 Å². The lowest BCUT2D eigenvalue weighted by Gasteiger charge is -2.13. The van der Waals surface area contributed by atoms with Gasteiger partial charge in [-0.1, -0.05) is 18.2 Å². The summed E-state index contributed by atoms with van der Waals surface area (Å²) in [5.41, 5.74) is 1.66. The molecule has 0 radical (unpaired) electrons. The molecule has 0 spiro atoms.